The van der Waals surface area contributed by atoms with E-state index < -0.39 is 135 Å². The summed E-state index contributed by atoms with van der Waals surface area (Å²) in [5.41, 5.74) is -10.4. The average Bonchev–Trinajstić information content (AvgIpc) is 3.11. The van der Waals surface area contributed by atoms with Crippen molar-refractivity contribution in [1.29, 1.82) is 0 Å². The first-order valence-electron chi connectivity index (χ1n) is 16.4. The summed E-state index contributed by atoms with van der Waals surface area (Å²) in [7, 11) is 5.99. The Labute approximate surface area is 301 Å². The van der Waals surface area contributed by atoms with Gasteiger partial charge in [-0.3, -0.25) is 29.2 Å². The molecule has 5 N–H and O–H groups in total. The number of hydrogen-bond acceptors (Lipinski definition) is 17. The Morgan fingerprint density at radius 1 is 0.981 bits per heavy atom. The number of hydrogen-bond donors (Lipinski definition) is 5. The molecule has 8 atom stereocenters. The molecule has 0 bridgehead atoms. The molecule has 1 fully saturated rings. The Morgan fingerprint density at radius 2 is 1.64 bits per heavy atom. The van der Waals surface area contributed by atoms with E-state index in [1.807, 2.05) is 0 Å². The molecule has 2 aromatic rings. The van der Waals surface area contributed by atoms with Crippen LogP contribution in [0.4, 0.5) is 0 Å². The van der Waals surface area contributed by atoms with Gasteiger partial charge < -0.3 is 49.2 Å². The van der Waals surface area contributed by atoms with Crippen molar-refractivity contribution >= 4 is 41.0 Å². The maximum atomic E-state index is 14.8. The van der Waals surface area contributed by atoms with Crippen LogP contribution >= 0.6 is 0 Å². The molecule has 0 aromatic heterocycles. The number of methoxy groups -OCH3 is 4. The molecular weight excluding hydrogens is 700 g/mol. The first-order chi connectivity index (χ1) is 25.0. The van der Waals surface area contributed by atoms with E-state index in [1.165, 1.54) is 34.4 Å². The fraction of sp³-hybridized carbons (Fsp3) is 0.472. The number of benzene rings is 2. The monoisotopic (exact) mass is 738 g/mol. The van der Waals surface area contributed by atoms with E-state index in [2.05, 4.69) is 9.98 Å². The van der Waals surface area contributed by atoms with Gasteiger partial charge in [0.25, 0.3) is 0 Å². The Hall–Kier alpha value is -4.75. The lowest BCUT2D eigenvalue weighted by molar-refractivity contribution is -0.228. The van der Waals surface area contributed by atoms with Gasteiger partial charge in [0.05, 0.1) is 42.6 Å². The molecule has 1 aliphatic heterocycles. The number of fused-ring (bicyclic) bond motifs is 5. The first kappa shape index (κ1) is 38.0. The molecule has 6 rings (SSSR count). The molecule has 282 valence electrons. The molecule has 0 amide bonds. The normalized spacial score (nSPS) is 31.7. The van der Waals surface area contributed by atoms with Crippen molar-refractivity contribution in [2.24, 2.45) is 9.98 Å². The van der Waals surface area contributed by atoms with Gasteiger partial charge in [0.2, 0.25) is 17.3 Å². The maximum Gasteiger partial charge on any atom is 0.341 e. The minimum atomic E-state index is -3.30. The van der Waals surface area contributed by atoms with Crippen molar-refractivity contribution < 1.29 is 73.2 Å². The lowest BCUT2D eigenvalue weighted by Gasteiger charge is -2.53. The molecule has 3 aliphatic carbocycles. The van der Waals surface area contributed by atoms with Gasteiger partial charge in [0.1, 0.15) is 35.4 Å². The van der Waals surface area contributed by atoms with Crippen LogP contribution in [0.15, 0.2) is 16.1 Å². The Kier molecular flexibility index (Phi) is 9.52. The number of nitrogens with zero attached hydrogens (tertiary/aromatic N) is 2. The van der Waals surface area contributed by atoms with Crippen molar-refractivity contribution in [2.75, 3.05) is 35.5 Å². The van der Waals surface area contributed by atoms with Crippen LogP contribution in [0.5, 0.6) is 11.5 Å². The molecule has 0 saturated carbocycles. The molecule has 8 unspecified atom stereocenters. The largest absolute Gasteiger partial charge is 0.507 e. The van der Waals surface area contributed by atoms with Crippen molar-refractivity contribution in [2.45, 2.75) is 74.6 Å². The van der Waals surface area contributed by atoms with Gasteiger partial charge in [-0.25, -0.2) is 4.79 Å². The van der Waals surface area contributed by atoms with Crippen molar-refractivity contribution in [3.05, 3.63) is 56.1 Å². The third-order valence-corrected chi connectivity index (χ3v) is 10.8. The molecule has 0 spiro atoms. The van der Waals surface area contributed by atoms with Crippen molar-refractivity contribution in [3.63, 3.8) is 0 Å². The lowest BCUT2D eigenvalue weighted by atomic mass is 9.56. The third-order valence-electron chi connectivity index (χ3n) is 10.8. The zero-order valence-electron chi connectivity index (χ0n) is 29.7. The van der Waals surface area contributed by atoms with Gasteiger partial charge in [-0.1, -0.05) is 0 Å². The molecule has 17 nitrogen and oxygen atoms in total. The Bertz CT molecular complexity index is 2060. The SMILES string of the molecule is CN=Cc1c(C)c(C(=O)OC)c(O)c2c1CC(O)C1(OC)C(=O)c3c(cc4c(c3O)C(=O)CC(=NC3OC(C)C(OC)C(O)C3OC)C4=O)C(=O)C21O. The standard InChI is InChI=1S/C36H38N2O15/c1-12-17(11-37-3)14-9-20(40)36(52-7)32(46)23-16(31(45)35(36,48)24(14)27(43)21(12)34(47)51-6)8-15-22(26(23)42)19(39)10-18(25(15)41)38-33-30(50-5)28(44)29(49-4)13(2)53-33/h8,11,13,20,28-30,33,40,42-44,48H,9-10H2,1-7H3. The summed E-state index contributed by atoms with van der Waals surface area (Å²) in [4.78, 5) is 78.4. The number of esters is 1. The Morgan fingerprint density at radius 3 is 2.23 bits per heavy atom. The highest BCUT2D eigenvalue weighted by Crippen LogP contribution is 2.57. The molecule has 53 heavy (non-hydrogen) atoms. The molecule has 2 aromatic carbocycles. The maximum absolute atomic E-state index is 14.8. The Balaban J connectivity index is 1.59. The zero-order valence-corrected chi connectivity index (χ0v) is 29.7. The number of Topliss-reactive ketones (excluding diaryl/α,β-unsaturated/α-hetero) is 4. The lowest BCUT2D eigenvalue weighted by Crippen LogP contribution is -2.73. The first-order valence-corrected chi connectivity index (χ1v) is 16.4. The number of phenolic OH excluding ortho intramolecular Hbond substituents is 2. The predicted octanol–water partition coefficient (Wildman–Crippen LogP) is 0.156. The number of ketones is 4. The van der Waals surface area contributed by atoms with Gasteiger partial charge in [-0.15, -0.1) is 0 Å². The zero-order chi connectivity index (χ0) is 39.1. The summed E-state index contributed by atoms with van der Waals surface area (Å²) < 4.78 is 26.9. The van der Waals surface area contributed by atoms with Crippen molar-refractivity contribution in [3.8, 4) is 11.5 Å². The van der Waals surface area contributed by atoms with Crippen LogP contribution in [0.3, 0.4) is 0 Å². The van der Waals surface area contributed by atoms with Crippen LogP contribution in [0, 0.1) is 6.92 Å². The number of ether oxygens (including phenoxy) is 5. The number of aromatic hydroxyl groups is 2. The van der Waals surface area contributed by atoms with E-state index in [0.29, 0.717) is 0 Å². The topological polar surface area (TPSA) is 257 Å². The van der Waals surface area contributed by atoms with Crippen LogP contribution in [0.1, 0.15) is 87.4 Å². The molecule has 1 heterocycles. The summed E-state index contributed by atoms with van der Waals surface area (Å²) in [6, 6.07) is 0.840. The number of aliphatic hydroxyl groups excluding tert-OH is 2. The van der Waals surface area contributed by atoms with Gasteiger partial charge in [0, 0.05) is 57.7 Å². The molecule has 1 saturated heterocycles. The molecular formula is C36H38N2O15. The van der Waals surface area contributed by atoms with Gasteiger partial charge >= 0.3 is 5.97 Å². The van der Waals surface area contributed by atoms with E-state index in [1.54, 1.807) is 6.92 Å². The fourth-order valence-electron chi connectivity index (χ4n) is 8.29. The van der Waals surface area contributed by atoms with Crippen molar-refractivity contribution in [1.82, 2.24) is 0 Å². The van der Waals surface area contributed by atoms with E-state index in [0.717, 1.165) is 20.3 Å². The highest BCUT2D eigenvalue weighted by atomic mass is 16.6. The second kappa shape index (κ2) is 13.3. The van der Waals surface area contributed by atoms with E-state index >= 15 is 0 Å². The average molecular weight is 739 g/mol. The van der Waals surface area contributed by atoms with E-state index in [-0.39, 0.29) is 22.4 Å². The molecule has 0 radical (unpaired) electrons. The molecule has 17 heteroatoms. The van der Waals surface area contributed by atoms with Crippen LogP contribution in [0.25, 0.3) is 0 Å². The number of aliphatic imine (C=N–C) groups is 2. The second-order valence-electron chi connectivity index (χ2n) is 13.2. The van der Waals surface area contributed by atoms with Gasteiger partial charge in [0.15, 0.2) is 23.2 Å². The van der Waals surface area contributed by atoms with E-state index in [9.17, 15) is 49.5 Å². The smallest absolute Gasteiger partial charge is 0.341 e. The number of phenols is 2. The minimum absolute atomic E-state index is 0.0549. The van der Waals surface area contributed by atoms with E-state index in [4.69, 9.17) is 23.7 Å². The van der Waals surface area contributed by atoms with Crippen LogP contribution in [-0.2, 0) is 35.7 Å². The fourth-order valence-corrected chi connectivity index (χ4v) is 8.29. The van der Waals surface area contributed by atoms with Crippen LogP contribution in [-0.4, -0.2) is 144 Å². The number of aliphatic hydroxyl groups is 3. The highest BCUT2D eigenvalue weighted by molar-refractivity contribution is 6.53. The number of carbonyl (C=O) groups excluding carboxylic acids is 5. The van der Waals surface area contributed by atoms with Crippen LogP contribution < -0.4 is 0 Å². The van der Waals surface area contributed by atoms with Gasteiger partial charge in [-0.2, -0.15) is 0 Å². The minimum Gasteiger partial charge on any atom is -0.507 e. The van der Waals surface area contributed by atoms with Gasteiger partial charge in [-0.05, 0) is 36.6 Å². The second-order valence-corrected chi connectivity index (χ2v) is 13.2. The summed E-state index contributed by atoms with van der Waals surface area (Å²) in [6.07, 6.45) is -7.16. The predicted molar refractivity (Wildman–Crippen MR) is 180 cm³/mol. The summed E-state index contributed by atoms with van der Waals surface area (Å²) in [5.74, 6) is -7.72. The summed E-state index contributed by atoms with van der Waals surface area (Å²) in [6.45, 7) is 3.04. The summed E-state index contributed by atoms with van der Waals surface area (Å²) >= 11 is 0. The van der Waals surface area contributed by atoms with Crippen LogP contribution in [0.2, 0.25) is 0 Å². The molecule has 4 aliphatic rings. The summed E-state index contributed by atoms with van der Waals surface area (Å²) in [5, 5.41) is 58.4. The quantitative estimate of drug-likeness (QED) is 0.195. The highest BCUT2D eigenvalue weighted by Gasteiger charge is 2.73. The number of carbonyl (C=O) groups is 5. The third kappa shape index (κ3) is 4.92. The number of rotatable bonds is 6.